The van der Waals surface area contributed by atoms with E-state index in [0.29, 0.717) is 16.9 Å². The zero-order chi connectivity index (χ0) is 29.5. The smallest absolute Gasteiger partial charge is 0.335 e. The van der Waals surface area contributed by atoms with Crippen LogP contribution < -0.4 is 11.1 Å². The number of aromatic nitrogens is 4. The minimum Gasteiger partial charge on any atom is -0.478 e. The van der Waals surface area contributed by atoms with Gasteiger partial charge in [0.25, 0.3) is 0 Å². The molecule has 0 spiro atoms. The third-order valence-electron chi connectivity index (χ3n) is 5.73. The van der Waals surface area contributed by atoms with E-state index in [0.717, 1.165) is 0 Å². The highest BCUT2D eigenvalue weighted by molar-refractivity contribution is 5.91. The lowest BCUT2D eigenvalue weighted by Crippen LogP contribution is -2.37. The normalized spacial score (nSPS) is 20.6. The Hall–Kier alpha value is -3.73. The number of rotatable bonds is 5. The molecule has 15 heteroatoms. The quantitative estimate of drug-likeness (QED) is 0.202. The standard InChI is InChI=1S/C10H13N5O4.C9H9NO3.C5H13NO/c11-8-5-9(13-2-12-8)15(3-14-5)10-7(18)6(17)4(1-16)19-10;1-6(11)10-8-4-2-7(3-5-8)9(12)13;1-5(2,7)6(3)4/h2-4,6-7,10,16-18H,1H2,(H2,11,12,13);2-5H,1H3,(H,10,11)(H,12,13);7H,1-4H3/t4-,6-,7-,10-;;/m1../s1. The number of carbonyl (C=O) groups excluding carboxylic acids is 1. The summed E-state index contributed by atoms with van der Waals surface area (Å²) in [6, 6.07) is 5.97. The number of nitrogens with zero attached hydrogens (tertiary/aromatic N) is 5. The second kappa shape index (κ2) is 13.4. The van der Waals surface area contributed by atoms with Gasteiger partial charge in [0.2, 0.25) is 5.91 Å². The van der Waals surface area contributed by atoms with Gasteiger partial charge in [-0.15, -0.1) is 0 Å². The number of carbonyl (C=O) groups is 2. The van der Waals surface area contributed by atoms with Gasteiger partial charge in [-0.2, -0.15) is 0 Å². The van der Waals surface area contributed by atoms with Gasteiger partial charge in [-0.1, -0.05) is 0 Å². The lowest BCUT2D eigenvalue weighted by Gasteiger charge is -2.25. The highest BCUT2D eigenvalue weighted by atomic mass is 16.6. The highest BCUT2D eigenvalue weighted by Crippen LogP contribution is 2.31. The molecule has 0 unspecified atom stereocenters. The molecule has 1 fully saturated rings. The molecule has 1 saturated heterocycles. The Labute approximate surface area is 224 Å². The van der Waals surface area contributed by atoms with Crippen molar-refractivity contribution in [1.29, 1.82) is 0 Å². The number of hydrogen-bond acceptors (Lipinski definition) is 12. The Bertz CT molecular complexity index is 1240. The SMILES string of the molecule is CC(=O)Nc1ccc(C(=O)O)cc1.CN(C)C(C)(C)O.Nc1ncnc2c1ncn2[C@@H]1O[C@H](CO)[C@@H](O)[C@H]1O. The highest BCUT2D eigenvalue weighted by Gasteiger charge is 2.44. The molecule has 2 aromatic heterocycles. The van der Waals surface area contributed by atoms with E-state index in [4.69, 9.17) is 25.8 Å². The molecule has 214 valence electrons. The van der Waals surface area contributed by atoms with Crippen molar-refractivity contribution < 1.29 is 39.9 Å². The number of nitrogens with two attached hydrogens (primary N) is 1. The van der Waals surface area contributed by atoms with Crippen molar-refractivity contribution in [3.63, 3.8) is 0 Å². The fourth-order valence-corrected chi connectivity index (χ4v) is 3.07. The number of nitrogens with one attached hydrogen (secondary N) is 1. The Morgan fingerprint density at radius 3 is 2.18 bits per heavy atom. The number of nitrogen functional groups attached to an aromatic ring is 1. The molecule has 1 aliphatic heterocycles. The van der Waals surface area contributed by atoms with E-state index in [1.807, 2.05) is 14.1 Å². The summed E-state index contributed by atoms with van der Waals surface area (Å²) in [4.78, 5) is 34.7. The number of imidazole rings is 1. The summed E-state index contributed by atoms with van der Waals surface area (Å²) < 4.78 is 6.85. The molecule has 8 N–H and O–H groups in total. The zero-order valence-corrected chi connectivity index (χ0v) is 22.3. The second-order valence-electron chi connectivity index (χ2n) is 9.26. The van der Waals surface area contributed by atoms with E-state index in [-0.39, 0.29) is 17.3 Å². The summed E-state index contributed by atoms with van der Waals surface area (Å²) in [6.07, 6.45) is -1.42. The predicted octanol–water partition coefficient (Wildman–Crippen LogP) is -0.360. The van der Waals surface area contributed by atoms with E-state index in [1.54, 1.807) is 30.9 Å². The molecule has 0 radical (unpaired) electrons. The molecule has 0 bridgehead atoms. The number of carboxylic acid groups (broad SMARTS) is 1. The number of carboxylic acids is 1. The number of hydrogen-bond donors (Lipinski definition) is 7. The molecule has 0 saturated carbocycles. The molecule has 4 atom stereocenters. The predicted molar refractivity (Wildman–Crippen MR) is 140 cm³/mol. The van der Waals surface area contributed by atoms with Gasteiger partial charge < -0.3 is 41.3 Å². The van der Waals surface area contributed by atoms with E-state index in [2.05, 4.69) is 20.3 Å². The van der Waals surface area contributed by atoms with Gasteiger partial charge in [0.15, 0.2) is 17.7 Å². The van der Waals surface area contributed by atoms with Crippen LogP contribution in [0.5, 0.6) is 0 Å². The Balaban J connectivity index is 0.000000232. The van der Waals surface area contributed by atoms with Gasteiger partial charge >= 0.3 is 5.97 Å². The van der Waals surface area contributed by atoms with Gasteiger partial charge in [0, 0.05) is 12.6 Å². The lowest BCUT2D eigenvalue weighted by atomic mass is 10.1. The van der Waals surface area contributed by atoms with Gasteiger partial charge in [-0.05, 0) is 52.2 Å². The van der Waals surface area contributed by atoms with E-state index < -0.39 is 42.8 Å². The van der Waals surface area contributed by atoms with Crippen LogP contribution in [0.2, 0.25) is 0 Å². The van der Waals surface area contributed by atoms with Crippen LogP contribution in [0.1, 0.15) is 37.4 Å². The number of aliphatic hydroxyl groups excluding tert-OH is 3. The fourth-order valence-electron chi connectivity index (χ4n) is 3.07. The van der Waals surface area contributed by atoms with Gasteiger partial charge in [-0.25, -0.2) is 19.7 Å². The van der Waals surface area contributed by atoms with E-state index in [9.17, 15) is 19.8 Å². The minimum atomic E-state index is -1.19. The summed E-state index contributed by atoms with van der Waals surface area (Å²) in [5.74, 6) is -0.937. The molecule has 3 aromatic rings. The first-order valence-electron chi connectivity index (χ1n) is 11.7. The van der Waals surface area contributed by atoms with E-state index >= 15 is 0 Å². The van der Waals surface area contributed by atoms with Crippen molar-refractivity contribution in [2.75, 3.05) is 31.8 Å². The minimum absolute atomic E-state index is 0.178. The molecular formula is C24H35N7O8. The van der Waals surface area contributed by atoms with Gasteiger partial charge in [0.05, 0.1) is 18.5 Å². The number of amides is 1. The summed E-state index contributed by atoms with van der Waals surface area (Å²) in [5.41, 5.74) is 6.58. The van der Waals surface area contributed by atoms with Crippen LogP contribution in [0, 0.1) is 0 Å². The topological polar surface area (TPSA) is 229 Å². The van der Waals surface area contributed by atoms with Crippen LogP contribution in [0.15, 0.2) is 36.9 Å². The second-order valence-corrected chi connectivity index (χ2v) is 9.26. The third-order valence-corrected chi connectivity index (χ3v) is 5.73. The van der Waals surface area contributed by atoms with Crippen molar-refractivity contribution in [3.8, 4) is 0 Å². The first kappa shape index (κ1) is 31.5. The van der Waals surface area contributed by atoms with Crippen molar-refractivity contribution in [2.24, 2.45) is 0 Å². The Morgan fingerprint density at radius 2 is 1.72 bits per heavy atom. The van der Waals surface area contributed by atoms with Crippen molar-refractivity contribution >= 4 is 34.5 Å². The summed E-state index contributed by atoms with van der Waals surface area (Å²) in [6.45, 7) is 4.49. The van der Waals surface area contributed by atoms with Crippen molar-refractivity contribution in [1.82, 2.24) is 24.4 Å². The molecular weight excluding hydrogens is 514 g/mol. The number of aromatic carboxylic acids is 1. The van der Waals surface area contributed by atoms with Crippen molar-refractivity contribution in [3.05, 3.63) is 42.5 Å². The molecule has 1 aromatic carbocycles. The van der Waals surface area contributed by atoms with Crippen LogP contribution in [-0.4, -0.2) is 107 Å². The summed E-state index contributed by atoms with van der Waals surface area (Å²) >= 11 is 0. The van der Waals surface area contributed by atoms with Crippen LogP contribution in [0.3, 0.4) is 0 Å². The first-order chi connectivity index (χ1) is 18.2. The number of fused-ring (bicyclic) bond motifs is 1. The number of aliphatic hydroxyl groups is 4. The van der Waals surface area contributed by atoms with Gasteiger partial charge in [0.1, 0.15) is 35.9 Å². The third kappa shape index (κ3) is 8.38. The largest absolute Gasteiger partial charge is 0.478 e. The lowest BCUT2D eigenvalue weighted by molar-refractivity contribution is -0.114. The maximum atomic E-state index is 10.6. The fraction of sp³-hybridized carbons (Fsp3) is 0.458. The summed E-state index contributed by atoms with van der Waals surface area (Å²) in [5, 5.41) is 48.9. The van der Waals surface area contributed by atoms with Crippen LogP contribution in [0.25, 0.3) is 11.2 Å². The Kier molecular flexibility index (Phi) is 10.8. The summed E-state index contributed by atoms with van der Waals surface area (Å²) in [7, 11) is 3.67. The molecule has 0 aliphatic carbocycles. The average molecular weight is 550 g/mol. The molecule has 4 rings (SSSR count). The average Bonchev–Trinajstić information content (AvgIpc) is 3.41. The molecule has 3 heterocycles. The number of ether oxygens (including phenoxy) is 1. The molecule has 1 aliphatic rings. The van der Waals surface area contributed by atoms with E-state index in [1.165, 1.54) is 36.3 Å². The zero-order valence-electron chi connectivity index (χ0n) is 22.3. The monoisotopic (exact) mass is 549 g/mol. The van der Waals surface area contributed by atoms with Crippen LogP contribution >= 0.6 is 0 Å². The van der Waals surface area contributed by atoms with Crippen molar-refractivity contribution in [2.45, 2.75) is 51.0 Å². The molecule has 1 amide bonds. The molecule has 15 nitrogen and oxygen atoms in total. The van der Waals surface area contributed by atoms with Crippen LogP contribution in [0.4, 0.5) is 11.5 Å². The number of benzene rings is 1. The number of anilines is 2. The Morgan fingerprint density at radius 1 is 1.13 bits per heavy atom. The maximum absolute atomic E-state index is 10.6. The molecule has 39 heavy (non-hydrogen) atoms. The maximum Gasteiger partial charge on any atom is 0.335 e. The van der Waals surface area contributed by atoms with Gasteiger partial charge in [-0.3, -0.25) is 14.3 Å². The first-order valence-corrected chi connectivity index (χ1v) is 11.7. The van der Waals surface area contributed by atoms with Crippen LogP contribution in [-0.2, 0) is 9.53 Å².